The number of hydrogen-bond acceptors (Lipinski definition) is 3. The van der Waals surface area contributed by atoms with Crippen LogP contribution in [0.4, 0.5) is 0 Å². The molecule has 0 N–H and O–H groups in total. The van der Waals surface area contributed by atoms with Crippen molar-refractivity contribution < 1.29 is 12.6 Å². The van der Waals surface area contributed by atoms with Crippen LogP contribution in [0.1, 0.15) is 110 Å². The van der Waals surface area contributed by atoms with Crippen molar-refractivity contribution in [1.29, 1.82) is 0 Å². The molecule has 5 heteroatoms. The molecule has 0 aliphatic heterocycles. The van der Waals surface area contributed by atoms with E-state index >= 15 is 0 Å². The van der Waals surface area contributed by atoms with Crippen LogP contribution in [-0.4, -0.2) is 63.9 Å². The number of benzene rings is 1. The second-order valence-corrected chi connectivity index (χ2v) is 9.51. The van der Waals surface area contributed by atoms with Gasteiger partial charge in [-0.1, -0.05) is 121 Å². The summed E-state index contributed by atoms with van der Waals surface area (Å²) in [6.45, 7) is 2.56. The van der Waals surface area contributed by atoms with Crippen LogP contribution in [0.5, 0.6) is 0 Å². The zero-order valence-corrected chi connectivity index (χ0v) is 18.9. The fourth-order valence-electron chi connectivity index (χ4n) is 3.47. The van der Waals surface area contributed by atoms with Crippen molar-refractivity contribution in [3.63, 3.8) is 0 Å². The minimum atomic E-state index is -3.58. The monoisotopic (exact) mass is 550 g/mol. The molecule has 29 heavy (non-hydrogen) atoms. The van der Waals surface area contributed by atoms with Crippen molar-refractivity contribution in [2.45, 2.75) is 115 Å². The zero-order valence-electron chi connectivity index (χ0n) is 18.0. The molecule has 1 rings (SSSR count). The maximum absolute atomic E-state index is 12.0. The molecule has 0 saturated carbocycles. The van der Waals surface area contributed by atoms with E-state index in [1.165, 1.54) is 89.9 Å². The third kappa shape index (κ3) is 17.0. The second kappa shape index (κ2) is 20.6. The summed E-state index contributed by atoms with van der Waals surface area (Å²) >= 11 is 0. The molecule has 1 aromatic rings. The summed E-state index contributed by atoms with van der Waals surface area (Å²) in [5.41, 5.74) is 0. The van der Waals surface area contributed by atoms with Crippen LogP contribution in [0, 0.1) is 0 Å². The summed E-state index contributed by atoms with van der Waals surface area (Å²) in [5, 5.41) is 0. The standard InChI is InChI=1S/C24H42O3S.Ba.2H/c1-2-3-4-5-6-7-8-9-10-11-12-13-14-15-16-20-23-27-28(25,26)24-21-18-17-19-22-24;;;/h17-19,21-22H,2-16,20,23H2,1H3;;;. The van der Waals surface area contributed by atoms with E-state index in [0.29, 0.717) is 0 Å². The van der Waals surface area contributed by atoms with Gasteiger partial charge in [-0.25, -0.2) is 0 Å². The molecule has 0 aliphatic carbocycles. The van der Waals surface area contributed by atoms with Crippen LogP contribution >= 0.6 is 0 Å². The van der Waals surface area contributed by atoms with E-state index in [-0.39, 0.29) is 60.4 Å². The Kier molecular flexibility index (Phi) is 21.1. The van der Waals surface area contributed by atoms with Gasteiger partial charge >= 0.3 is 48.9 Å². The topological polar surface area (TPSA) is 43.4 Å². The normalized spacial score (nSPS) is 11.3. The van der Waals surface area contributed by atoms with Gasteiger partial charge in [-0.3, -0.25) is 4.18 Å². The van der Waals surface area contributed by atoms with Crippen LogP contribution in [0.15, 0.2) is 35.2 Å². The Labute approximate surface area is 221 Å². The van der Waals surface area contributed by atoms with Gasteiger partial charge in [0.2, 0.25) is 0 Å². The first-order valence-corrected chi connectivity index (χ1v) is 13.0. The first-order valence-electron chi connectivity index (χ1n) is 11.6. The number of unbranched alkanes of at least 4 members (excludes halogenated alkanes) is 15. The molecule has 0 aliphatic rings. The van der Waals surface area contributed by atoms with E-state index in [0.717, 1.165) is 12.8 Å². The molecular formula is C24H44BaO3S. The van der Waals surface area contributed by atoms with Gasteiger partial charge < -0.3 is 0 Å². The Balaban J connectivity index is 0.00000784. The Hall–Kier alpha value is 0.701. The molecule has 0 fully saturated rings. The average Bonchev–Trinajstić information content (AvgIpc) is 2.71. The molecule has 166 valence electrons. The van der Waals surface area contributed by atoms with Crippen LogP contribution in [0.3, 0.4) is 0 Å². The molecule has 0 bridgehead atoms. The van der Waals surface area contributed by atoms with Crippen LogP contribution < -0.4 is 0 Å². The van der Waals surface area contributed by atoms with Gasteiger partial charge in [-0.2, -0.15) is 8.42 Å². The molecule has 1 aromatic carbocycles. The Bertz CT molecular complexity index is 561. The second-order valence-electron chi connectivity index (χ2n) is 7.89. The first-order chi connectivity index (χ1) is 13.7. The molecular weight excluding hydrogens is 506 g/mol. The average molecular weight is 550 g/mol. The fraction of sp³-hybridized carbons (Fsp3) is 0.750. The molecule has 3 nitrogen and oxygen atoms in total. The molecule has 0 atom stereocenters. The van der Waals surface area contributed by atoms with Crippen molar-refractivity contribution in [3.05, 3.63) is 30.3 Å². The van der Waals surface area contributed by atoms with Crippen molar-refractivity contribution in [2.75, 3.05) is 6.61 Å². The van der Waals surface area contributed by atoms with Crippen LogP contribution in [-0.2, 0) is 14.3 Å². The quantitative estimate of drug-likeness (QED) is 0.109. The SMILES string of the molecule is CCCCCCCCCCCCCCCCCCOS(=O)(=O)c1ccccc1.[BaH2]. The van der Waals surface area contributed by atoms with Crippen LogP contribution in [0.25, 0.3) is 0 Å². The summed E-state index contributed by atoms with van der Waals surface area (Å²) < 4.78 is 29.0. The number of rotatable bonds is 19. The summed E-state index contributed by atoms with van der Waals surface area (Å²) in [7, 11) is -3.58. The van der Waals surface area contributed by atoms with Crippen LogP contribution in [0.2, 0.25) is 0 Å². The van der Waals surface area contributed by atoms with E-state index in [1.807, 2.05) is 0 Å². The van der Waals surface area contributed by atoms with Gasteiger partial charge in [0.25, 0.3) is 10.1 Å². The van der Waals surface area contributed by atoms with Crippen molar-refractivity contribution in [3.8, 4) is 0 Å². The van der Waals surface area contributed by atoms with E-state index in [2.05, 4.69) is 6.92 Å². The molecule has 0 spiro atoms. The summed E-state index contributed by atoms with van der Waals surface area (Å²) in [5.74, 6) is 0. The third-order valence-electron chi connectivity index (χ3n) is 5.27. The van der Waals surface area contributed by atoms with Gasteiger partial charge in [0, 0.05) is 0 Å². The van der Waals surface area contributed by atoms with Crippen molar-refractivity contribution in [2.24, 2.45) is 0 Å². The Morgan fingerprint density at radius 1 is 0.621 bits per heavy atom. The minimum absolute atomic E-state index is 0. The maximum atomic E-state index is 12.0. The third-order valence-corrected chi connectivity index (χ3v) is 6.59. The van der Waals surface area contributed by atoms with E-state index < -0.39 is 10.1 Å². The summed E-state index contributed by atoms with van der Waals surface area (Å²) in [4.78, 5) is 0.242. The molecule has 0 amide bonds. The van der Waals surface area contributed by atoms with Crippen molar-refractivity contribution >= 4 is 59.0 Å². The van der Waals surface area contributed by atoms with Gasteiger partial charge in [0.05, 0.1) is 11.5 Å². The van der Waals surface area contributed by atoms with E-state index in [1.54, 1.807) is 30.3 Å². The molecule has 0 unspecified atom stereocenters. The van der Waals surface area contributed by atoms with Gasteiger partial charge in [0.15, 0.2) is 0 Å². The number of hydrogen-bond donors (Lipinski definition) is 0. The molecule has 0 radical (unpaired) electrons. The molecule has 0 heterocycles. The van der Waals surface area contributed by atoms with Gasteiger partial charge in [-0.15, -0.1) is 0 Å². The predicted octanol–water partition coefficient (Wildman–Crippen LogP) is 6.74. The summed E-state index contributed by atoms with van der Waals surface area (Å²) in [6.07, 6.45) is 20.9. The van der Waals surface area contributed by atoms with Crippen molar-refractivity contribution in [1.82, 2.24) is 0 Å². The van der Waals surface area contributed by atoms with Gasteiger partial charge in [0.1, 0.15) is 0 Å². The molecule has 0 aromatic heterocycles. The Morgan fingerprint density at radius 3 is 1.41 bits per heavy atom. The molecule has 0 saturated heterocycles. The van der Waals surface area contributed by atoms with E-state index in [4.69, 9.17) is 4.18 Å². The van der Waals surface area contributed by atoms with Gasteiger partial charge in [-0.05, 0) is 18.6 Å². The Morgan fingerprint density at radius 2 is 1.00 bits per heavy atom. The zero-order chi connectivity index (χ0) is 20.3. The fourth-order valence-corrected chi connectivity index (χ4v) is 4.44. The summed E-state index contributed by atoms with van der Waals surface area (Å²) in [6, 6.07) is 8.37. The predicted molar refractivity (Wildman–Crippen MR) is 128 cm³/mol. The van der Waals surface area contributed by atoms with E-state index in [9.17, 15) is 8.42 Å². The first kappa shape index (κ1) is 29.7.